The van der Waals surface area contributed by atoms with Gasteiger partial charge in [-0.3, -0.25) is 10.1 Å². The number of nitro groups is 1. The Morgan fingerprint density at radius 2 is 1.73 bits per heavy atom. The van der Waals surface area contributed by atoms with Gasteiger partial charge in [0, 0.05) is 37.0 Å². The van der Waals surface area contributed by atoms with E-state index in [1.54, 1.807) is 30.3 Å². The number of anilines is 1. The summed E-state index contributed by atoms with van der Waals surface area (Å²) in [5.41, 5.74) is -1.34. The quantitative estimate of drug-likeness (QED) is 0.538. The zero-order valence-electron chi connectivity index (χ0n) is 15.8. The molecule has 30 heavy (non-hydrogen) atoms. The van der Waals surface area contributed by atoms with E-state index in [9.17, 15) is 31.7 Å². The number of non-ortho nitro benzene ring substituents is 1. The van der Waals surface area contributed by atoms with Crippen LogP contribution in [0.3, 0.4) is 0 Å². The molecule has 1 aliphatic rings. The molecule has 0 aliphatic carbocycles. The molecule has 0 atom stereocenters. The number of piperidine rings is 1. The van der Waals surface area contributed by atoms with Crippen LogP contribution in [0.4, 0.5) is 24.5 Å². The van der Waals surface area contributed by atoms with Gasteiger partial charge in [0.15, 0.2) is 0 Å². The summed E-state index contributed by atoms with van der Waals surface area (Å²) in [7, 11) is -3.53. The average molecular weight is 443 g/mol. The van der Waals surface area contributed by atoms with Crippen LogP contribution in [0.15, 0.2) is 48.5 Å². The van der Waals surface area contributed by atoms with Crippen LogP contribution in [0.1, 0.15) is 24.0 Å². The molecule has 162 valence electrons. The van der Waals surface area contributed by atoms with Crippen LogP contribution in [0.5, 0.6) is 0 Å². The van der Waals surface area contributed by atoms with Crippen LogP contribution < -0.4 is 5.32 Å². The Labute approximate surface area is 171 Å². The van der Waals surface area contributed by atoms with Crippen molar-refractivity contribution < 1.29 is 26.5 Å². The lowest BCUT2D eigenvalue weighted by Crippen LogP contribution is -2.43. The second-order valence-corrected chi connectivity index (χ2v) is 9.01. The van der Waals surface area contributed by atoms with Crippen molar-refractivity contribution in [3.05, 3.63) is 69.8 Å². The Hall–Kier alpha value is -2.66. The second-order valence-electron chi connectivity index (χ2n) is 7.04. The van der Waals surface area contributed by atoms with Gasteiger partial charge in [-0.15, -0.1) is 0 Å². The molecule has 11 heteroatoms. The van der Waals surface area contributed by atoms with Gasteiger partial charge >= 0.3 is 6.18 Å². The standard InChI is InChI=1S/C19H20F3N3O4S/c20-19(21,22)17-12-16(25(26)27)6-7-18(17)23-15-8-10-24(11-9-15)30(28,29)13-14-4-2-1-3-5-14/h1-7,12,15,23H,8-11,13H2. The summed E-state index contributed by atoms with van der Waals surface area (Å²) in [6, 6.07) is 10.9. The first-order chi connectivity index (χ1) is 14.1. The highest BCUT2D eigenvalue weighted by atomic mass is 32.2. The van der Waals surface area contributed by atoms with Crippen molar-refractivity contribution in [2.24, 2.45) is 0 Å². The fourth-order valence-electron chi connectivity index (χ4n) is 3.38. The van der Waals surface area contributed by atoms with Gasteiger partial charge in [-0.25, -0.2) is 12.7 Å². The molecular formula is C19H20F3N3O4S. The first-order valence-electron chi connectivity index (χ1n) is 9.20. The van der Waals surface area contributed by atoms with E-state index in [1.165, 1.54) is 4.31 Å². The summed E-state index contributed by atoms with van der Waals surface area (Å²) in [5, 5.41) is 13.6. The Kier molecular flexibility index (Phi) is 6.32. The zero-order valence-corrected chi connectivity index (χ0v) is 16.6. The Bertz CT molecular complexity index is 1010. The van der Waals surface area contributed by atoms with Crippen LogP contribution in [0.25, 0.3) is 0 Å². The largest absolute Gasteiger partial charge is 0.418 e. The lowest BCUT2D eigenvalue weighted by molar-refractivity contribution is -0.385. The predicted molar refractivity (Wildman–Crippen MR) is 105 cm³/mol. The molecule has 1 N–H and O–H groups in total. The van der Waals surface area contributed by atoms with E-state index in [4.69, 9.17) is 0 Å². The van der Waals surface area contributed by atoms with E-state index in [-0.39, 0.29) is 30.6 Å². The highest BCUT2D eigenvalue weighted by molar-refractivity contribution is 7.88. The van der Waals surface area contributed by atoms with Gasteiger partial charge in [0.2, 0.25) is 10.0 Å². The van der Waals surface area contributed by atoms with Gasteiger partial charge in [0.1, 0.15) is 0 Å². The van der Waals surface area contributed by atoms with E-state index in [0.717, 1.165) is 12.1 Å². The van der Waals surface area contributed by atoms with Crippen molar-refractivity contribution in [3.8, 4) is 0 Å². The third-order valence-corrected chi connectivity index (χ3v) is 6.77. The van der Waals surface area contributed by atoms with Gasteiger partial charge in [-0.1, -0.05) is 30.3 Å². The number of nitro benzene ring substituents is 1. The molecule has 1 saturated heterocycles. The van der Waals surface area contributed by atoms with Crippen LogP contribution in [0.2, 0.25) is 0 Å². The normalized spacial score (nSPS) is 16.4. The minimum atomic E-state index is -4.76. The van der Waals surface area contributed by atoms with E-state index >= 15 is 0 Å². The minimum absolute atomic E-state index is 0.132. The molecule has 3 rings (SSSR count). The van der Waals surface area contributed by atoms with Crippen LogP contribution >= 0.6 is 0 Å². The molecule has 2 aromatic rings. The number of halogens is 3. The lowest BCUT2D eigenvalue weighted by atomic mass is 10.0. The summed E-state index contributed by atoms with van der Waals surface area (Å²) in [6.07, 6.45) is -4.11. The molecule has 0 spiro atoms. The van der Waals surface area contributed by atoms with Gasteiger partial charge in [0.25, 0.3) is 5.69 Å². The smallest absolute Gasteiger partial charge is 0.382 e. The first kappa shape index (κ1) is 22.0. The number of nitrogens with one attached hydrogen (secondary N) is 1. The monoisotopic (exact) mass is 443 g/mol. The Balaban J connectivity index is 1.67. The first-order valence-corrected chi connectivity index (χ1v) is 10.8. The molecule has 0 bridgehead atoms. The summed E-state index contributed by atoms with van der Waals surface area (Å²) in [4.78, 5) is 9.92. The van der Waals surface area contributed by atoms with E-state index in [1.807, 2.05) is 0 Å². The van der Waals surface area contributed by atoms with Gasteiger partial charge in [-0.2, -0.15) is 13.2 Å². The van der Waals surface area contributed by atoms with Crippen molar-refractivity contribution in [1.82, 2.24) is 4.31 Å². The number of nitrogens with zero attached hydrogens (tertiary/aromatic N) is 2. The van der Waals surface area contributed by atoms with E-state index in [0.29, 0.717) is 24.5 Å². The molecular weight excluding hydrogens is 423 g/mol. The molecule has 1 heterocycles. The molecule has 0 unspecified atom stereocenters. The number of hydrogen-bond acceptors (Lipinski definition) is 5. The molecule has 7 nitrogen and oxygen atoms in total. The average Bonchev–Trinajstić information content (AvgIpc) is 2.68. The van der Waals surface area contributed by atoms with E-state index < -0.39 is 32.4 Å². The van der Waals surface area contributed by atoms with Crippen molar-refractivity contribution in [1.29, 1.82) is 0 Å². The maximum atomic E-state index is 13.3. The van der Waals surface area contributed by atoms with E-state index in [2.05, 4.69) is 5.32 Å². The highest BCUT2D eigenvalue weighted by Crippen LogP contribution is 2.38. The number of benzene rings is 2. The summed E-state index contributed by atoms with van der Waals surface area (Å²) >= 11 is 0. The maximum Gasteiger partial charge on any atom is 0.418 e. The second kappa shape index (κ2) is 8.60. The molecule has 2 aromatic carbocycles. The Morgan fingerprint density at radius 3 is 2.30 bits per heavy atom. The molecule has 0 aromatic heterocycles. The maximum absolute atomic E-state index is 13.3. The van der Waals surface area contributed by atoms with Crippen molar-refractivity contribution in [2.45, 2.75) is 30.8 Å². The number of sulfonamides is 1. The molecule has 1 fully saturated rings. The lowest BCUT2D eigenvalue weighted by Gasteiger charge is -2.32. The van der Waals surface area contributed by atoms with Crippen LogP contribution in [-0.4, -0.2) is 36.8 Å². The Morgan fingerprint density at radius 1 is 1.10 bits per heavy atom. The molecule has 0 amide bonds. The summed E-state index contributed by atoms with van der Waals surface area (Å²) in [5.74, 6) is -0.132. The van der Waals surface area contributed by atoms with Gasteiger partial charge in [-0.05, 0) is 24.5 Å². The van der Waals surface area contributed by atoms with Crippen molar-refractivity contribution >= 4 is 21.4 Å². The summed E-state index contributed by atoms with van der Waals surface area (Å²) < 4.78 is 66.5. The van der Waals surface area contributed by atoms with Crippen molar-refractivity contribution in [2.75, 3.05) is 18.4 Å². The molecule has 0 saturated carbocycles. The van der Waals surface area contributed by atoms with Crippen LogP contribution in [-0.2, 0) is 22.0 Å². The number of hydrogen-bond donors (Lipinski definition) is 1. The predicted octanol–water partition coefficient (Wildman–Crippen LogP) is 4.02. The third kappa shape index (κ3) is 5.28. The minimum Gasteiger partial charge on any atom is -0.382 e. The SMILES string of the molecule is O=[N+]([O-])c1ccc(NC2CCN(S(=O)(=O)Cc3ccccc3)CC2)c(C(F)(F)F)c1. The van der Waals surface area contributed by atoms with Gasteiger partial charge < -0.3 is 5.32 Å². The highest BCUT2D eigenvalue weighted by Gasteiger charge is 2.36. The van der Waals surface area contributed by atoms with Gasteiger partial charge in [0.05, 0.1) is 16.2 Å². The zero-order chi connectivity index (χ0) is 21.9. The fourth-order valence-corrected chi connectivity index (χ4v) is 4.94. The number of rotatable bonds is 6. The van der Waals surface area contributed by atoms with Crippen LogP contribution in [0, 0.1) is 10.1 Å². The molecule has 0 radical (unpaired) electrons. The molecule has 1 aliphatic heterocycles. The fraction of sp³-hybridized carbons (Fsp3) is 0.368. The number of alkyl halides is 3. The third-order valence-electron chi connectivity index (χ3n) is 4.92. The topological polar surface area (TPSA) is 92.6 Å². The van der Waals surface area contributed by atoms with Crippen molar-refractivity contribution in [3.63, 3.8) is 0 Å². The summed E-state index contributed by atoms with van der Waals surface area (Å²) in [6.45, 7) is 0.363.